The lowest BCUT2D eigenvalue weighted by molar-refractivity contribution is 0.101. The number of anilines is 1. The zero-order chi connectivity index (χ0) is 15.5. The lowest BCUT2D eigenvalue weighted by atomic mass is 10.1. The number of piperazine rings is 1. The molecule has 1 aromatic heterocycles. The van der Waals surface area contributed by atoms with Gasteiger partial charge in [0.1, 0.15) is 10.0 Å². The first-order valence-electron chi connectivity index (χ1n) is 7.49. The quantitative estimate of drug-likeness (QED) is 0.811. The maximum atomic E-state index is 11.3. The van der Waals surface area contributed by atoms with Crippen LogP contribution in [0.3, 0.4) is 0 Å². The minimum Gasteiger partial charge on any atom is -0.369 e. The van der Waals surface area contributed by atoms with E-state index >= 15 is 0 Å². The van der Waals surface area contributed by atoms with Crippen LogP contribution in [-0.2, 0) is 6.54 Å². The van der Waals surface area contributed by atoms with Crippen LogP contribution in [0, 0.1) is 6.92 Å². The number of aromatic nitrogens is 2. The van der Waals surface area contributed by atoms with Crippen molar-refractivity contribution in [2.45, 2.75) is 20.4 Å². The molecule has 6 heteroatoms. The number of aryl methyl sites for hydroxylation is 1. The fraction of sp³-hybridized carbons (Fsp3) is 0.438. The second-order valence-electron chi connectivity index (χ2n) is 5.58. The van der Waals surface area contributed by atoms with Gasteiger partial charge in [0.05, 0.1) is 6.54 Å². The number of Topliss-reactive ketones (excluding diaryl/α,β-unsaturated/α-hetero) is 1. The highest BCUT2D eigenvalue weighted by Gasteiger charge is 2.18. The molecular weight excluding hydrogens is 296 g/mol. The zero-order valence-electron chi connectivity index (χ0n) is 13.0. The topological polar surface area (TPSA) is 49.3 Å². The Labute approximate surface area is 134 Å². The van der Waals surface area contributed by atoms with E-state index in [0.29, 0.717) is 0 Å². The largest absolute Gasteiger partial charge is 0.369 e. The highest BCUT2D eigenvalue weighted by molar-refractivity contribution is 7.11. The molecule has 0 spiro atoms. The van der Waals surface area contributed by atoms with Crippen LogP contribution in [0.5, 0.6) is 0 Å². The van der Waals surface area contributed by atoms with E-state index in [-0.39, 0.29) is 5.78 Å². The molecule has 1 fully saturated rings. The first kappa shape index (κ1) is 15.1. The van der Waals surface area contributed by atoms with Gasteiger partial charge in [-0.25, -0.2) is 0 Å². The molecule has 22 heavy (non-hydrogen) atoms. The molecular formula is C16H20N4OS. The molecule has 3 rings (SSSR count). The molecule has 5 nitrogen and oxygen atoms in total. The summed E-state index contributed by atoms with van der Waals surface area (Å²) in [6, 6.07) is 7.91. The summed E-state index contributed by atoms with van der Waals surface area (Å²) in [5, 5.41) is 10.4. The van der Waals surface area contributed by atoms with E-state index < -0.39 is 0 Å². The van der Waals surface area contributed by atoms with E-state index in [9.17, 15) is 4.79 Å². The number of nitrogens with zero attached hydrogens (tertiary/aromatic N) is 4. The van der Waals surface area contributed by atoms with Gasteiger partial charge in [-0.3, -0.25) is 9.69 Å². The fourth-order valence-corrected chi connectivity index (χ4v) is 3.42. The van der Waals surface area contributed by atoms with E-state index in [1.165, 1.54) is 5.69 Å². The molecule has 2 aromatic rings. The van der Waals surface area contributed by atoms with Crippen LogP contribution >= 0.6 is 11.3 Å². The Balaban J connectivity index is 1.56. The summed E-state index contributed by atoms with van der Waals surface area (Å²) in [4.78, 5) is 16.1. The molecule has 0 amide bonds. The predicted molar refractivity (Wildman–Crippen MR) is 88.6 cm³/mol. The summed E-state index contributed by atoms with van der Waals surface area (Å²) in [5.74, 6) is 0.115. The smallest absolute Gasteiger partial charge is 0.159 e. The van der Waals surface area contributed by atoms with E-state index in [4.69, 9.17) is 0 Å². The maximum Gasteiger partial charge on any atom is 0.159 e. The first-order chi connectivity index (χ1) is 10.6. The number of hydrogen-bond donors (Lipinski definition) is 0. The molecule has 1 aromatic carbocycles. The number of rotatable bonds is 4. The van der Waals surface area contributed by atoms with E-state index in [0.717, 1.165) is 48.3 Å². The molecule has 0 unspecified atom stereocenters. The van der Waals surface area contributed by atoms with Crippen LogP contribution in [0.4, 0.5) is 5.69 Å². The van der Waals surface area contributed by atoms with Gasteiger partial charge in [0.15, 0.2) is 5.78 Å². The molecule has 2 heterocycles. The van der Waals surface area contributed by atoms with Crippen molar-refractivity contribution in [3.63, 3.8) is 0 Å². The van der Waals surface area contributed by atoms with Gasteiger partial charge in [-0.1, -0.05) is 0 Å². The van der Waals surface area contributed by atoms with Gasteiger partial charge in [-0.05, 0) is 38.1 Å². The molecule has 1 aliphatic heterocycles. The van der Waals surface area contributed by atoms with Crippen molar-refractivity contribution in [3.8, 4) is 0 Å². The zero-order valence-corrected chi connectivity index (χ0v) is 13.8. The van der Waals surface area contributed by atoms with Crippen LogP contribution in [-0.4, -0.2) is 47.1 Å². The second kappa shape index (κ2) is 6.54. The predicted octanol–water partition coefficient (Wildman–Crippen LogP) is 2.37. The average molecular weight is 316 g/mol. The highest BCUT2D eigenvalue weighted by Crippen LogP contribution is 2.19. The SMILES string of the molecule is CC(=O)c1ccc(N2CCN(Cc3nnc(C)s3)CC2)cc1. The Kier molecular flexibility index (Phi) is 4.49. The van der Waals surface area contributed by atoms with Gasteiger partial charge in [-0.15, -0.1) is 21.5 Å². The molecule has 0 N–H and O–H groups in total. The Hall–Kier alpha value is -1.79. The van der Waals surface area contributed by atoms with Gasteiger partial charge in [-0.2, -0.15) is 0 Å². The molecule has 0 radical (unpaired) electrons. The van der Waals surface area contributed by atoms with Gasteiger partial charge in [0.25, 0.3) is 0 Å². The van der Waals surface area contributed by atoms with E-state index in [1.807, 2.05) is 31.2 Å². The van der Waals surface area contributed by atoms with Crippen LogP contribution in [0.15, 0.2) is 24.3 Å². The van der Waals surface area contributed by atoms with Gasteiger partial charge in [0, 0.05) is 37.4 Å². The van der Waals surface area contributed by atoms with Gasteiger partial charge in [0.2, 0.25) is 0 Å². The summed E-state index contributed by atoms with van der Waals surface area (Å²) in [6.45, 7) is 8.52. The third-order valence-corrected chi connectivity index (χ3v) is 4.76. The van der Waals surface area contributed by atoms with Crippen LogP contribution < -0.4 is 4.90 Å². The summed E-state index contributed by atoms with van der Waals surface area (Å²) in [5.41, 5.74) is 1.96. The normalized spacial score (nSPS) is 16.0. The average Bonchev–Trinajstić information content (AvgIpc) is 2.93. The summed E-state index contributed by atoms with van der Waals surface area (Å²) < 4.78 is 0. The molecule has 0 saturated carbocycles. The van der Waals surface area contributed by atoms with Gasteiger partial charge >= 0.3 is 0 Å². The van der Waals surface area contributed by atoms with Crippen molar-refractivity contribution in [3.05, 3.63) is 39.8 Å². The lowest BCUT2D eigenvalue weighted by Gasteiger charge is -2.35. The number of hydrogen-bond acceptors (Lipinski definition) is 6. The van der Waals surface area contributed by atoms with E-state index in [1.54, 1.807) is 18.3 Å². The minimum atomic E-state index is 0.115. The third-order valence-electron chi connectivity index (χ3n) is 3.94. The Bertz CT molecular complexity index is 644. The lowest BCUT2D eigenvalue weighted by Crippen LogP contribution is -2.45. The highest BCUT2D eigenvalue weighted by atomic mass is 32.1. The monoisotopic (exact) mass is 316 g/mol. The van der Waals surface area contributed by atoms with E-state index in [2.05, 4.69) is 20.0 Å². The number of carbonyl (C=O) groups excluding carboxylic acids is 1. The first-order valence-corrected chi connectivity index (χ1v) is 8.31. The van der Waals surface area contributed by atoms with Crippen molar-refractivity contribution in [1.82, 2.24) is 15.1 Å². The molecule has 0 atom stereocenters. The maximum absolute atomic E-state index is 11.3. The molecule has 0 bridgehead atoms. The van der Waals surface area contributed by atoms with Crippen LogP contribution in [0.25, 0.3) is 0 Å². The molecule has 116 valence electrons. The summed E-state index contributed by atoms with van der Waals surface area (Å²) in [7, 11) is 0. The Morgan fingerprint density at radius 2 is 1.82 bits per heavy atom. The Morgan fingerprint density at radius 1 is 1.14 bits per heavy atom. The third kappa shape index (κ3) is 3.51. The number of carbonyl (C=O) groups is 1. The summed E-state index contributed by atoms with van der Waals surface area (Å²) in [6.07, 6.45) is 0. The fourth-order valence-electron chi connectivity index (χ4n) is 2.66. The minimum absolute atomic E-state index is 0.115. The second-order valence-corrected chi connectivity index (χ2v) is 6.85. The number of benzene rings is 1. The standard InChI is InChI=1S/C16H20N4OS/c1-12(21)14-3-5-15(6-4-14)20-9-7-19(8-10-20)11-16-18-17-13(2)22-16/h3-6H,7-11H2,1-2H3. The van der Waals surface area contributed by atoms with Crippen molar-refractivity contribution in [2.75, 3.05) is 31.1 Å². The van der Waals surface area contributed by atoms with Crippen molar-refractivity contribution in [1.29, 1.82) is 0 Å². The van der Waals surface area contributed by atoms with Crippen LogP contribution in [0.2, 0.25) is 0 Å². The van der Waals surface area contributed by atoms with Gasteiger partial charge < -0.3 is 4.90 Å². The molecule has 1 aliphatic rings. The molecule has 1 saturated heterocycles. The molecule has 0 aliphatic carbocycles. The van der Waals surface area contributed by atoms with Crippen molar-refractivity contribution >= 4 is 22.8 Å². The van der Waals surface area contributed by atoms with Crippen LogP contribution in [0.1, 0.15) is 27.3 Å². The Morgan fingerprint density at radius 3 is 2.36 bits per heavy atom. The van der Waals surface area contributed by atoms with Crippen molar-refractivity contribution < 1.29 is 4.79 Å². The number of ketones is 1. The van der Waals surface area contributed by atoms with Crippen molar-refractivity contribution in [2.24, 2.45) is 0 Å². The summed E-state index contributed by atoms with van der Waals surface area (Å²) >= 11 is 1.67.